The van der Waals surface area contributed by atoms with Crippen LogP contribution in [-0.2, 0) is 6.42 Å². The molecule has 0 radical (unpaired) electrons. The number of hydrogen-bond acceptors (Lipinski definition) is 3. The van der Waals surface area contributed by atoms with Gasteiger partial charge in [-0.2, -0.15) is 0 Å². The van der Waals surface area contributed by atoms with Gasteiger partial charge < -0.3 is 10.3 Å². The standard InChI is InChI=1S/C12H15ClN4/c1-2-15-11(12-16-5-6-17-12)7-9-3-4-14-8-10(9)13/h3-6,8,11,15H,2,7H2,1H3,(H,16,17). The van der Waals surface area contributed by atoms with E-state index in [2.05, 4.69) is 27.2 Å². The van der Waals surface area contributed by atoms with Crippen LogP contribution in [-0.4, -0.2) is 21.5 Å². The van der Waals surface area contributed by atoms with Crippen molar-refractivity contribution in [2.24, 2.45) is 0 Å². The number of nitrogens with zero attached hydrogens (tertiary/aromatic N) is 2. The van der Waals surface area contributed by atoms with Gasteiger partial charge in [0.1, 0.15) is 5.82 Å². The highest BCUT2D eigenvalue weighted by Gasteiger charge is 2.14. The van der Waals surface area contributed by atoms with Crippen LogP contribution in [0.1, 0.15) is 24.4 Å². The van der Waals surface area contributed by atoms with Crippen molar-refractivity contribution in [3.8, 4) is 0 Å². The number of H-pyrrole nitrogens is 1. The second-order valence-electron chi connectivity index (χ2n) is 3.76. The van der Waals surface area contributed by atoms with E-state index in [1.807, 2.05) is 12.3 Å². The summed E-state index contributed by atoms with van der Waals surface area (Å²) in [6.07, 6.45) is 7.80. The Labute approximate surface area is 105 Å². The number of aromatic amines is 1. The lowest BCUT2D eigenvalue weighted by Gasteiger charge is -2.16. The Morgan fingerprint density at radius 3 is 3.00 bits per heavy atom. The average molecular weight is 251 g/mol. The number of rotatable bonds is 5. The van der Waals surface area contributed by atoms with E-state index in [9.17, 15) is 0 Å². The van der Waals surface area contributed by atoms with E-state index in [-0.39, 0.29) is 6.04 Å². The summed E-state index contributed by atoms with van der Waals surface area (Å²) in [5.74, 6) is 0.930. The monoisotopic (exact) mass is 250 g/mol. The summed E-state index contributed by atoms with van der Waals surface area (Å²) in [6.45, 7) is 2.96. The lowest BCUT2D eigenvalue weighted by Crippen LogP contribution is -2.24. The quantitative estimate of drug-likeness (QED) is 0.857. The smallest absolute Gasteiger partial charge is 0.123 e. The van der Waals surface area contributed by atoms with Crippen LogP contribution in [0.5, 0.6) is 0 Å². The molecule has 17 heavy (non-hydrogen) atoms. The molecule has 2 rings (SSSR count). The van der Waals surface area contributed by atoms with Crippen molar-refractivity contribution < 1.29 is 0 Å². The fraction of sp³-hybridized carbons (Fsp3) is 0.333. The number of pyridine rings is 1. The van der Waals surface area contributed by atoms with Crippen LogP contribution < -0.4 is 5.32 Å². The zero-order chi connectivity index (χ0) is 12.1. The first-order valence-corrected chi connectivity index (χ1v) is 6.00. The van der Waals surface area contributed by atoms with Crippen LogP contribution in [0, 0.1) is 0 Å². The first-order chi connectivity index (χ1) is 8.31. The fourth-order valence-electron chi connectivity index (χ4n) is 1.77. The first-order valence-electron chi connectivity index (χ1n) is 5.62. The minimum atomic E-state index is 0.148. The predicted molar refractivity (Wildman–Crippen MR) is 68.0 cm³/mol. The van der Waals surface area contributed by atoms with Gasteiger partial charge in [-0.3, -0.25) is 4.98 Å². The molecule has 2 heterocycles. The molecule has 0 fully saturated rings. The third-order valence-corrected chi connectivity index (χ3v) is 2.92. The summed E-state index contributed by atoms with van der Waals surface area (Å²) in [4.78, 5) is 11.4. The van der Waals surface area contributed by atoms with E-state index in [0.29, 0.717) is 5.02 Å². The van der Waals surface area contributed by atoms with Gasteiger partial charge in [0.15, 0.2) is 0 Å². The summed E-state index contributed by atoms with van der Waals surface area (Å²) in [7, 11) is 0. The average Bonchev–Trinajstić information content (AvgIpc) is 2.85. The molecular formula is C12H15ClN4. The molecule has 0 amide bonds. The molecule has 0 aliphatic carbocycles. The highest BCUT2D eigenvalue weighted by Crippen LogP contribution is 2.20. The van der Waals surface area contributed by atoms with E-state index in [4.69, 9.17) is 11.6 Å². The topological polar surface area (TPSA) is 53.6 Å². The lowest BCUT2D eigenvalue weighted by molar-refractivity contribution is 0.526. The second-order valence-corrected chi connectivity index (χ2v) is 4.16. The van der Waals surface area contributed by atoms with E-state index in [0.717, 1.165) is 24.4 Å². The Morgan fingerprint density at radius 2 is 2.35 bits per heavy atom. The first kappa shape index (κ1) is 12.1. The van der Waals surface area contributed by atoms with Crippen LogP contribution in [0.4, 0.5) is 0 Å². The van der Waals surface area contributed by atoms with Gasteiger partial charge in [-0.05, 0) is 24.6 Å². The SMILES string of the molecule is CCNC(Cc1ccncc1Cl)c1ncc[nH]1. The Balaban J connectivity index is 2.16. The molecule has 0 spiro atoms. The summed E-state index contributed by atoms with van der Waals surface area (Å²) in [5.41, 5.74) is 1.07. The minimum Gasteiger partial charge on any atom is -0.347 e. The molecule has 1 atom stereocenters. The molecule has 0 aromatic carbocycles. The number of halogens is 1. The second kappa shape index (κ2) is 5.80. The molecule has 0 bridgehead atoms. The van der Waals surface area contributed by atoms with Crippen molar-refractivity contribution in [2.75, 3.05) is 6.54 Å². The molecule has 0 aliphatic rings. The zero-order valence-electron chi connectivity index (χ0n) is 9.65. The molecule has 5 heteroatoms. The fourth-order valence-corrected chi connectivity index (χ4v) is 1.97. The summed E-state index contributed by atoms with van der Waals surface area (Å²) >= 11 is 6.11. The summed E-state index contributed by atoms with van der Waals surface area (Å²) < 4.78 is 0. The van der Waals surface area contributed by atoms with Crippen LogP contribution in [0.2, 0.25) is 5.02 Å². The lowest BCUT2D eigenvalue weighted by atomic mass is 10.1. The molecule has 2 aromatic rings. The molecule has 4 nitrogen and oxygen atoms in total. The molecule has 1 unspecified atom stereocenters. The van der Waals surface area contributed by atoms with E-state index < -0.39 is 0 Å². The Hall–Kier alpha value is -1.39. The van der Waals surface area contributed by atoms with Gasteiger partial charge >= 0.3 is 0 Å². The van der Waals surface area contributed by atoms with Crippen LogP contribution in [0.3, 0.4) is 0 Å². The van der Waals surface area contributed by atoms with Crippen LogP contribution in [0.15, 0.2) is 30.9 Å². The van der Waals surface area contributed by atoms with E-state index in [1.165, 1.54) is 0 Å². The number of nitrogens with one attached hydrogen (secondary N) is 2. The van der Waals surface area contributed by atoms with Crippen molar-refractivity contribution in [3.05, 3.63) is 47.3 Å². The van der Waals surface area contributed by atoms with Gasteiger partial charge in [-0.15, -0.1) is 0 Å². The van der Waals surface area contributed by atoms with Gasteiger partial charge in [0.05, 0.1) is 11.1 Å². The summed E-state index contributed by atoms with van der Waals surface area (Å²) in [5, 5.41) is 4.08. The maximum Gasteiger partial charge on any atom is 0.123 e. The Morgan fingerprint density at radius 1 is 1.47 bits per heavy atom. The maximum atomic E-state index is 6.11. The van der Waals surface area contributed by atoms with Crippen molar-refractivity contribution in [2.45, 2.75) is 19.4 Å². The number of hydrogen-bond donors (Lipinski definition) is 2. The van der Waals surface area contributed by atoms with Gasteiger partial charge in [-0.1, -0.05) is 18.5 Å². The molecule has 0 saturated heterocycles. The minimum absolute atomic E-state index is 0.148. The molecule has 2 aromatic heterocycles. The molecule has 0 aliphatic heterocycles. The van der Waals surface area contributed by atoms with Crippen molar-refractivity contribution >= 4 is 11.6 Å². The summed E-state index contributed by atoms with van der Waals surface area (Å²) in [6, 6.07) is 2.09. The number of aromatic nitrogens is 3. The predicted octanol–water partition coefficient (Wildman–Crippen LogP) is 2.35. The molecular weight excluding hydrogens is 236 g/mol. The highest BCUT2D eigenvalue weighted by molar-refractivity contribution is 6.31. The van der Waals surface area contributed by atoms with Crippen molar-refractivity contribution in [1.29, 1.82) is 0 Å². The van der Waals surface area contributed by atoms with Crippen LogP contribution >= 0.6 is 11.6 Å². The largest absolute Gasteiger partial charge is 0.347 e. The number of likely N-dealkylation sites (N-methyl/N-ethyl adjacent to an activating group) is 1. The zero-order valence-corrected chi connectivity index (χ0v) is 10.4. The van der Waals surface area contributed by atoms with Crippen LogP contribution in [0.25, 0.3) is 0 Å². The van der Waals surface area contributed by atoms with Crippen molar-refractivity contribution in [1.82, 2.24) is 20.3 Å². The normalized spacial score (nSPS) is 12.6. The molecule has 90 valence electrons. The third kappa shape index (κ3) is 3.05. The van der Waals surface area contributed by atoms with Gasteiger partial charge in [0.2, 0.25) is 0 Å². The molecule has 2 N–H and O–H groups in total. The highest BCUT2D eigenvalue weighted by atomic mass is 35.5. The van der Waals surface area contributed by atoms with Gasteiger partial charge in [0, 0.05) is 24.8 Å². The van der Waals surface area contributed by atoms with E-state index >= 15 is 0 Å². The Kier molecular flexibility index (Phi) is 4.12. The third-order valence-electron chi connectivity index (χ3n) is 2.58. The maximum absolute atomic E-state index is 6.11. The Bertz CT molecular complexity index is 455. The molecule has 0 saturated carbocycles. The van der Waals surface area contributed by atoms with Gasteiger partial charge in [-0.25, -0.2) is 4.98 Å². The van der Waals surface area contributed by atoms with E-state index in [1.54, 1.807) is 18.6 Å². The van der Waals surface area contributed by atoms with Crippen molar-refractivity contribution in [3.63, 3.8) is 0 Å². The number of imidazole rings is 1. The van der Waals surface area contributed by atoms with Gasteiger partial charge in [0.25, 0.3) is 0 Å².